The molecule has 0 aliphatic carbocycles. The standard InChI is InChI=1S/C37H23N3/c38-24-25-21-22-37-31(23-25)30-15-5-10-20-36(30)40(37)35-19-9-4-14-29(35)28-13-3-8-18-34(28)39-32-16-6-1-11-26(32)27-12-2-7-17-33(27)39/h1-23H. The first-order valence-electron chi connectivity index (χ1n) is 13.4. The number of rotatable bonds is 3. The molecule has 2 heterocycles. The molecular formula is C37H23N3. The zero-order valence-corrected chi connectivity index (χ0v) is 21.6. The van der Waals surface area contributed by atoms with Crippen LogP contribution >= 0.6 is 0 Å². The monoisotopic (exact) mass is 509 g/mol. The lowest BCUT2D eigenvalue weighted by atomic mass is 10.0. The Morgan fingerprint density at radius 2 is 0.800 bits per heavy atom. The fraction of sp³-hybridized carbons (Fsp3) is 0. The lowest BCUT2D eigenvalue weighted by molar-refractivity contribution is 1.16. The maximum Gasteiger partial charge on any atom is 0.0991 e. The fourth-order valence-electron chi connectivity index (χ4n) is 6.28. The third-order valence-electron chi connectivity index (χ3n) is 7.96. The van der Waals surface area contributed by atoms with E-state index in [2.05, 4.69) is 143 Å². The van der Waals surface area contributed by atoms with Crippen LogP contribution in [0.5, 0.6) is 0 Å². The van der Waals surface area contributed by atoms with Gasteiger partial charge in [-0.1, -0.05) is 91.0 Å². The molecule has 0 aliphatic rings. The maximum atomic E-state index is 9.60. The highest BCUT2D eigenvalue weighted by Crippen LogP contribution is 2.40. The minimum absolute atomic E-state index is 0.667. The summed E-state index contributed by atoms with van der Waals surface area (Å²) >= 11 is 0. The number of nitriles is 1. The van der Waals surface area contributed by atoms with Crippen molar-refractivity contribution in [3.63, 3.8) is 0 Å². The fourth-order valence-corrected chi connectivity index (χ4v) is 6.28. The molecule has 0 atom stereocenters. The molecule has 0 amide bonds. The van der Waals surface area contributed by atoms with E-state index in [1.165, 1.54) is 21.8 Å². The Labute approximate surface area is 231 Å². The highest BCUT2D eigenvalue weighted by atomic mass is 15.0. The van der Waals surface area contributed by atoms with Crippen molar-refractivity contribution in [1.29, 1.82) is 5.26 Å². The van der Waals surface area contributed by atoms with Gasteiger partial charge in [0, 0.05) is 32.7 Å². The molecule has 0 unspecified atom stereocenters. The quantitative estimate of drug-likeness (QED) is 0.233. The summed E-state index contributed by atoms with van der Waals surface area (Å²) in [4.78, 5) is 0. The van der Waals surface area contributed by atoms with Gasteiger partial charge in [-0.15, -0.1) is 0 Å². The Morgan fingerprint density at radius 1 is 0.400 bits per heavy atom. The second-order valence-electron chi connectivity index (χ2n) is 10.1. The van der Waals surface area contributed by atoms with E-state index < -0.39 is 0 Å². The van der Waals surface area contributed by atoms with E-state index in [-0.39, 0.29) is 0 Å². The van der Waals surface area contributed by atoms with Crippen LogP contribution in [0.3, 0.4) is 0 Å². The molecule has 0 N–H and O–H groups in total. The number of para-hydroxylation sites is 5. The third-order valence-corrected chi connectivity index (χ3v) is 7.96. The van der Waals surface area contributed by atoms with Crippen molar-refractivity contribution in [2.45, 2.75) is 0 Å². The van der Waals surface area contributed by atoms with Gasteiger partial charge in [0.15, 0.2) is 0 Å². The molecule has 0 bridgehead atoms. The minimum atomic E-state index is 0.667. The van der Waals surface area contributed by atoms with Crippen LogP contribution in [-0.4, -0.2) is 9.13 Å². The van der Waals surface area contributed by atoms with E-state index in [0.717, 1.165) is 44.3 Å². The van der Waals surface area contributed by atoms with Gasteiger partial charge in [-0.05, 0) is 48.5 Å². The molecule has 0 radical (unpaired) electrons. The minimum Gasteiger partial charge on any atom is -0.309 e. The number of nitrogens with zero attached hydrogens (tertiary/aromatic N) is 3. The number of benzene rings is 6. The first kappa shape index (κ1) is 22.4. The molecule has 40 heavy (non-hydrogen) atoms. The summed E-state index contributed by atoms with van der Waals surface area (Å²) in [5.41, 5.74) is 9.79. The molecule has 0 fully saturated rings. The summed E-state index contributed by atoms with van der Waals surface area (Å²) in [6.45, 7) is 0. The number of fused-ring (bicyclic) bond motifs is 6. The zero-order chi connectivity index (χ0) is 26.6. The van der Waals surface area contributed by atoms with Crippen molar-refractivity contribution in [2.24, 2.45) is 0 Å². The number of aromatic nitrogens is 2. The molecule has 0 saturated heterocycles. The summed E-state index contributed by atoms with van der Waals surface area (Å²) in [6, 6.07) is 51.3. The van der Waals surface area contributed by atoms with E-state index in [4.69, 9.17) is 0 Å². The Kier molecular flexibility index (Phi) is 4.89. The van der Waals surface area contributed by atoms with Crippen molar-refractivity contribution in [1.82, 2.24) is 9.13 Å². The molecule has 3 heteroatoms. The average Bonchev–Trinajstić information content (AvgIpc) is 3.53. The first-order chi connectivity index (χ1) is 19.8. The Bertz CT molecular complexity index is 2240. The summed E-state index contributed by atoms with van der Waals surface area (Å²) in [5.74, 6) is 0. The smallest absolute Gasteiger partial charge is 0.0991 e. The van der Waals surface area contributed by atoms with Crippen molar-refractivity contribution in [3.05, 3.63) is 145 Å². The molecular weight excluding hydrogens is 486 g/mol. The van der Waals surface area contributed by atoms with Gasteiger partial charge >= 0.3 is 0 Å². The largest absolute Gasteiger partial charge is 0.309 e. The highest BCUT2D eigenvalue weighted by Gasteiger charge is 2.19. The number of hydrogen-bond acceptors (Lipinski definition) is 1. The van der Waals surface area contributed by atoms with Gasteiger partial charge in [0.05, 0.1) is 45.1 Å². The lowest BCUT2D eigenvalue weighted by Crippen LogP contribution is -2.01. The molecule has 3 nitrogen and oxygen atoms in total. The van der Waals surface area contributed by atoms with E-state index >= 15 is 0 Å². The molecule has 6 aromatic carbocycles. The predicted octanol–water partition coefficient (Wildman–Crippen LogP) is 9.42. The van der Waals surface area contributed by atoms with Gasteiger partial charge in [0.2, 0.25) is 0 Å². The highest BCUT2D eigenvalue weighted by molar-refractivity contribution is 6.11. The van der Waals surface area contributed by atoms with Crippen LogP contribution in [0.1, 0.15) is 5.56 Å². The SMILES string of the molecule is N#Cc1ccc2c(c1)c1ccccc1n2-c1ccccc1-c1ccccc1-n1c2ccccc2c2ccccc21. The van der Waals surface area contributed by atoms with Crippen LogP contribution in [0.15, 0.2) is 140 Å². The Balaban J connectivity index is 1.46. The normalized spacial score (nSPS) is 11.5. The van der Waals surface area contributed by atoms with Gasteiger partial charge in [-0.25, -0.2) is 0 Å². The Hall–Kier alpha value is -5.59. The molecule has 186 valence electrons. The van der Waals surface area contributed by atoms with Gasteiger partial charge in [0.25, 0.3) is 0 Å². The topological polar surface area (TPSA) is 33.6 Å². The predicted molar refractivity (Wildman–Crippen MR) is 165 cm³/mol. The zero-order valence-electron chi connectivity index (χ0n) is 21.6. The second kappa shape index (κ2) is 8.73. The second-order valence-corrected chi connectivity index (χ2v) is 10.1. The van der Waals surface area contributed by atoms with Crippen molar-refractivity contribution >= 4 is 43.6 Å². The molecule has 0 spiro atoms. The van der Waals surface area contributed by atoms with Crippen molar-refractivity contribution in [2.75, 3.05) is 0 Å². The molecule has 8 rings (SSSR count). The van der Waals surface area contributed by atoms with Crippen LogP contribution in [0.2, 0.25) is 0 Å². The van der Waals surface area contributed by atoms with Crippen LogP contribution < -0.4 is 0 Å². The maximum absolute atomic E-state index is 9.60. The van der Waals surface area contributed by atoms with Gasteiger partial charge in [-0.2, -0.15) is 5.26 Å². The summed E-state index contributed by atoms with van der Waals surface area (Å²) in [7, 11) is 0. The molecule has 8 aromatic rings. The van der Waals surface area contributed by atoms with Gasteiger partial charge < -0.3 is 9.13 Å². The Morgan fingerprint density at radius 3 is 1.30 bits per heavy atom. The molecule has 2 aromatic heterocycles. The van der Waals surface area contributed by atoms with E-state index in [1.54, 1.807) is 0 Å². The van der Waals surface area contributed by atoms with Crippen molar-refractivity contribution in [3.8, 4) is 28.6 Å². The summed E-state index contributed by atoms with van der Waals surface area (Å²) < 4.78 is 4.73. The van der Waals surface area contributed by atoms with Crippen molar-refractivity contribution < 1.29 is 0 Å². The van der Waals surface area contributed by atoms with Crippen LogP contribution in [0, 0.1) is 11.3 Å². The summed E-state index contributed by atoms with van der Waals surface area (Å²) in [6.07, 6.45) is 0. The lowest BCUT2D eigenvalue weighted by Gasteiger charge is -2.18. The first-order valence-corrected chi connectivity index (χ1v) is 13.4. The van der Waals surface area contributed by atoms with Crippen LogP contribution in [0.25, 0.3) is 66.1 Å². The molecule has 0 aliphatic heterocycles. The van der Waals surface area contributed by atoms with E-state index in [1.807, 2.05) is 12.1 Å². The van der Waals surface area contributed by atoms with E-state index in [9.17, 15) is 5.26 Å². The van der Waals surface area contributed by atoms with Crippen LogP contribution in [0.4, 0.5) is 0 Å². The molecule has 0 saturated carbocycles. The average molecular weight is 510 g/mol. The van der Waals surface area contributed by atoms with Gasteiger partial charge in [0.1, 0.15) is 0 Å². The van der Waals surface area contributed by atoms with Gasteiger partial charge in [-0.3, -0.25) is 0 Å². The third kappa shape index (κ3) is 3.17. The van der Waals surface area contributed by atoms with E-state index in [0.29, 0.717) is 5.56 Å². The number of hydrogen-bond donors (Lipinski definition) is 0. The summed E-state index contributed by atoms with van der Waals surface area (Å²) in [5, 5.41) is 14.3. The van der Waals surface area contributed by atoms with Crippen LogP contribution in [-0.2, 0) is 0 Å².